The predicted octanol–water partition coefficient (Wildman–Crippen LogP) is 2.81. The minimum atomic E-state index is -0.0803. The second-order valence-corrected chi connectivity index (χ2v) is 4.86. The Kier molecular flexibility index (Phi) is 6.11. The largest absolute Gasteiger partial charge is 0.385 e. The molecule has 5 heteroatoms. The SMILES string of the molecule is C/C(=N/NC(=O)CCCNc1ccccc1)c1ccncc1. The minimum absolute atomic E-state index is 0.0803. The van der Waals surface area contributed by atoms with Gasteiger partial charge in [-0.25, -0.2) is 5.43 Å². The number of aromatic nitrogens is 1. The number of carbonyl (C=O) groups is 1. The fourth-order valence-corrected chi connectivity index (χ4v) is 1.90. The van der Waals surface area contributed by atoms with Crippen molar-refractivity contribution in [3.05, 3.63) is 60.4 Å². The van der Waals surface area contributed by atoms with Gasteiger partial charge in [0, 0.05) is 36.6 Å². The van der Waals surface area contributed by atoms with Crippen LogP contribution in [0.1, 0.15) is 25.3 Å². The summed E-state index contributed by atoms with van der Waals surface area (Å²) in [5.74, 6) is -0.0803. The Morgan fingerprint density at radius 3 is 2.59 bits per heavy atom. The monoisotopic (exact) mass is 296 g/mol. The van der Waals surface area contributed by atoms with Gasteiger partial charge in [0.05, 0.1) is 5.71 Å². The third kappa shape index (κ3) is 5.36. The van der Waals surface area contributed by atoms with Crippen LogP contribution in [0.25, 0.3) is 0 Å². The smallest absolute Gasteiger partial charge is 0.240 e. The maximum atomic E-state index is 11.7. The summed E-state index contributed by atoms with van der Waals surface area (Å²) in [6.45, 7) is 2.61. The first-order valence-corrected chi connectivity index (χ1v) is 7.28. The highest BCUT2D eigenvalue weighted by Crippen LogP contribution is 2.05. The maximum absolute atomic E-state index is 11.7. The number of hydrogen-bond acceptors (Lipinski definition) is 4. The van der Waals surface area contributed by atoms with E-state index in [4.69, 9.17) is 0 Å². The second kappa shape index (κ2) is 8.56. The van der Waals surface area contributed by atoms with Crippen LogP contribution in [-0.4, -0.2) is 23.1 Å². The molecule has 1 aromatic heterocycles. The van der Waals surface area contributed by atoms with Gasteiger partial charge in [-0.3, -0.25) is 9.78 Å². The van der Waals surface area contributed by atoms with Gasteiger partial charge in [-0.2, -0.15) is 5.10 Å². The van der Waals surface area contributed by atoms with Gasteiger partial charge in [-0.1, -0.05) is 18.2 Å². The molecule has 0 fully saturated rings. The van der Waals surface area contributed by atoms with Gasteiger partial charge in [0.25, 0.3) is 0 Å². The summed E-state index contributed by atoms with van der Waals surface area (Å²) in [5, 5.41) is 7.37. The third-order valence-corrected chi connectivity index (χ3v) is 3.13. The zero-order valence-corrected chi connectivity index (χ0v) is 12.6. The number of rotatable bonds is 7. The standard InChI is InChI=1S/C17H20N4O/c1-14(15-9-12-18-13-10-15)20-21-17(22)8-5-11-19-16-6-3-2-4-7-16/h2-4,6-7,9-10,12-13,19H,5,8,11H2,1H3,(H,21,22)/b20-14-. The molecule has 2 rings (SSSR count). The third-order valence-electron chi connectivity index (χ3n) is 3.13. The molecule has 2 aromatic rings. The molecule has 0 bridgehead atoms. The average Bonchev–Trinajstić information content (AvgIpc) is 2.58. The summed E-state index contributed by atoms with van der Waals surface area (Å²) < 4.78 is 0. The van der Waals surface area contributed by atoms with Crippen LogP contribution in [-0.2, 0) is 4.79 Å². The molecule has 0 atom stereocenters. The molecule has 22 heavy (non-hydrogen) atoms. The van der Waals surface area contributed by atoms with Crippen LogP contribution in [0.5, 0.6) is 0 Å². The lowest BCUT2D eigenvalue weighted by atomic mass is 10.2. The van der Waals surface area contributed by atoms with E-state index in [1.165, 1.54) is 0 Å². The van der Waals surface area contributed by atoms with Crippen molar-refractivity contribution in [1.82, 2.24) is 10.4 Å². The number of pyridine rings is 1. The fraction of sp³-hybridized carbons (Fsp3) is 0.235. The van der Waals surface area contributed by atoms with Gasteiger partial charge in [-0.15, -0.1) is 0 Å². The summed E-state index contributed by atoms with van der Waals surface area (Å²) in [6, 6.07) is 13.6. The molecule has 0 saturated heterocycles. The van der Waals surface area contributed by atoms with E-state index in [-0.39, 0.29) is 5.91 Å². The van der Waals surface area contributed by atoms with Gasteiger partial charge in [0.2, 0.25) is 5.91 Å². The number of nitrogens with one attached hydrogen (secondary N) is 2. The Hall–Kier alpha value is -2.69. The highest BCUT2D eigenvalue weighted by atomic mass is 16.2. The normalized spacial score (nSPS) is 11.0. The van der Waals surface area contributed by atoms with E-state index in [2.05, 4.69) is 20.8 Å². The first kappa shape index (κ1) is 15.7. The zero-order chi connectivity index (χ0) is 15.6. The van der Waals surface area contributed by atoms with Crippen molar-refractivity contribution < 1.29 is 4.79 Å². The lowest BCUT2D eigenvalue weighted by molar-refractivity contribution is -0.121. The summed E-state index contributed by atoms with van der Waals surface area (Å²) in [6.07, 6.45) is 4.59. The van der Waals surface area contributed by atoms with Gasteiger partial charge in [-0.05, 0) is 37.6 Å². The fourth-order valence-electron chi connectivity index (χ4n) is 1.90. The Labute approximate surface area is 130 Å². The molecule has 1 aromatic carbocycles. The van der Waals surface area contributed by atoms with Crippen LogP contribution >= 0.6 is 0 Å². The number of benzene rings is 1. The van der Waals surface area contributed by atoms with Crippen LogP contribution in [0, 0.1) is 0 Å². The number of hydrazone groups is 1. The number of hydrogen-bond donors (Lipinski definition) is 2. The van der Waals surface area contributed by atoms with E-state index in [0.29, 0.717) is 6.42 Å². The lowest BCUT2D eigenvalue weighted by Crippen LogP contribution is -2.19. The molecule has 0 unspecified atom stereocenters. The first-order valence-electron chi connectivity index (χ1n) is 7.28. The molecule has 0 radical (unpaired) electrons. The van der Waals surface area contributed by atoms with Crippen molar-refractivity contribution in [3.8, 4) is 0 Å². The van der Waals surface area contributed by atoms with Gasteiger partial charge < -0.3 is 5.32 Å². The summed E-state index contributed by atoms with van der Waals surface area (Å²) >= 11 is 0. The Balaban J connectivity index is 1.68. The summed E-state index contributed by atoms with van der Waals surface area (Å²) in [5.41, 5.74) is 5.35. The molecule has 5 nitrogen and oxygen atoms in total. The number of anilines is 1. The summed E-state index contributed by atoms with van der Waals surface area (Å²) in [7, 11) is 0. The average molecular weight is 296 g/mol. The molecule has 0 spiro atoms. The maximum Gasteiger partial charge on any atom is 0.240 e. The van der Waals surface area contributed by atoms with Crippen molar-refractivity contribution in [1.29, 1.82) is 0 Å². The van der Waals surface area contributed by atoms with Crippen molar-refractivity contribution in [2.45, 2.75) is 19.8 Å². The number of amides is 1. The number of carbonyl (C=O) groups excluding carboxylic acids is 1. The van der Waals surface area contributed by atoms with E-state index in [0.717, 1.165) is 29.9 Å². The highest BCUT2D eigenvalue weighted by Gasteiger charge is 2.01. The molecular formula is C17H20N4O. The number of para-hydroxylation sites is 1. The van der Waals surface area contributed by atoms with Crippen molar-refractivity contribution in [2.24, 2.45) is 5.10 Å². The molecule has 1 heterocycles. The molecule has 0 aliphatic carbocycles. The predicted molar refractivity (Wildman–Crippen MR) is 88.8 cm³/mol. The van der Waals surface area contributed by atoms with E-state index < -0.39 is 0 Å². The lowest BCUT2D eigenvalue weighted by Gasteiger charge is -2.06. The minimum Gasteiger partial charge on any atom is -0.385 e. The van der Waals surface area contributed by atoms with Crippen molar-refractivity contribution in [2.75, 3.05) is 11.9 Å². The molecule has 0 saturated carbocycles. The van der Waals surface area contributed by atoms with Crippen LogP contribution < -0.4 is 10.7 Å². The van der Waals surface area contributed by atoms with Crippen molar-refractivity contribution in [3.63, 3.8) is 0 Å². The Morgan fingerprint density at radius 2 is 1.86 bits per heavy atom. The Morgan fingerprint density at radius 1 is 1.14 bits per heavy atom. The summed E-state index contributed by atoms with van der Waals surface area (Å²) in [4.78, 5) is 15.7. The van der Waals surface area contributed by atoms with Crippen molar-refractivity contribution >= 4 is 17.3 Å². The topological polar surface area (TPSA) is 66.4 Å². The molecular weight excluding hydrogens is 276 g/mol. The van der Waals surface area contributed by atoms with Crippen LogP contribution in [0.2, 0.25) is 0 Å². The second-order valence-electron chi connectivity index (χ2n) is 4.86. The molecule has 2 N–H and O–H groups in total. The molecule has 114 valence electrons. The van der Waals surface area contributed by atoms with E-state index in [1.807, 2.05) is 49.4 Å². The highest BCUT2D eigenvalue weighted by molar-refractivity contribution is 5.99. The van der Waals surface area contributed by atoms with Crippen LogP contribution in [0.3, 0.4) is 0 Å². The van der Waals surface area contributed by atoms with Crippen LogP contribution in [0.15, 0.2) is 60.0 Å². The Bertz CT molecular complexity index is 611. The molecule has 0 aliphatic heterocycles. The van der Waals surface area contributed by atoms with E-state index in [9.17, 15) is 4.79 Å². The number of nitrogens with zero attached hydrogens (tertiary/aromatic N) is 2. The van der Waals surface area contributed by atoms with Gasteiger partial charge in [0.1, 0.15) is 0 Å². The first-order chi connectivity index (χ1) is 10.8. The van der Waals surface area contributed by atoms with Gasteiger partial charge in [0.15, 0.2) is 0 Å². The molecule has 0 aliphatic rings. The quantitative estimate of drug-likeness (QED) is 0.469. The van der Waals surface area contributed by atoms with Gasteiger partial charge >= 0.3 is 0 Å². The van der Waals surface area contributed by atoms with Crippen LogP contribution in [0.4, 0.5) is 5.69 Å². The zero-order valence-electron chi connectivity index (χ0n) is 12.6. The van der Waals surface area contributed by atoms with E-state index >= 15 is 0 Å². The molecule has 1 amide bonds. The van der Waals surface area contributed by atoms with E-state index in [1.54, 1.807) is 12.4 Å².